The number of hydrogen-bond acceptors (Lipinski definition) is 2. The largest absolute Gasteiger partial charge is 0.354 e. The zero-order valence-electron chi connectivity index (χ0n) is 10.8. The molecule has 0 aliphatic carbocycles. The van der Waals surface area contributed by atoms with E-state index < -0.39 is 0 Å². The molecule has 17 heavy (non-hydrogen) atoms. The van der Waals surface area contributed by atoms with Crippen molar-refractivity contribution >= 4 is 5.91 Å². The van der Waals surface area contributed by atoms with E-state index in [-0.39, 0.29) is 11.9 Å². The molecule has 0 radical (unpaired) electrons. The van der Waals surface area contributed by atoms with E-state index >= 15 is 0 Å². The van der Waals surface area contributed by atoms with Crippen molar-refractivity contribution in [2.75, 3.05) is 6.54 Å². The van der Waals surface area contributed by atoms with Gasteiger partial charge >= 0.3 is 0 Å². The summed E-state index contributed by atoms with van der Waals surface area (Å²) in [5.41, 5.74) is 3.97. The molecule has 0 aromatic carbocycles. The standard InChI is InChI=1S/C13H21N3O/c1-4-16-9(2)5-11(10(16)3)7-14-12-6-13(17)15-8-12/h5,12,14H,4,6-8H2,1-3H3,(H,15,17). The molecule has 4 heteroatoms. The lowest BCUT2D eigenvalue weighted by Crippen LogP contribution is -2.30. The fourth-order valence-corrected chi connectivity index (χ4v) is 2.54. The van der Waals surface area contributed by atoms with E-state index in [1.54, 1.807) is 0 Å². The Hall–Kier alpha value is -1.29. The summed E-state index contributed by atoms with van der Waals surface area (Å²) in [6.07, 6.45) is 0.604. The molecule has 2 heterocycles. The van der Waals surface area contributed by atoms with Crippen molar-refractivity contribution in [2.45, 2.75) is 46.3 Å². The highest BCUT2D eigenvalue weighted by Crippen LogP contribution is 2.15. The minimum absolute atomic E-state index is 0.154. The van der Waals surface area contributed by atoms with Gasteiger partial charge in [-0.05, 0) is 32.4 Å². The topological polar surface area (TPSA) is 46.1 Å². The van der Waals surface area contributed by atoms with Crippen LogP contribution < -0.4 is 10.6 Å². The van der Waals surface area contributed by atoms with E-state index in [1.807, 2.05) is 0 Å². The Morgan fingerprint density at radius 1 is 1.53 bits per heavy atom. The molecule has 1 aliphatic rings. The van der Waals surface area contributed by atoms with E-state index in [1.165, 1.54) is 17.0 Å². The van der Waals surface area contributed by atoms with Crippen LogP contribution in [0.25, 0.3) is 0 Å². The fourth-order valence-electron chi connectivity index (χ4n) is 2.54. The lowest BCUT2D eigenvalue weighted by molar-refractivity contribution is -0.119. The molecule has 1 unspecified atom stereocenters. The molecule has 1 aromatic rings. The number of rotatable bonds is 4. The summed E-state index contributed by atoms with van der Waals surface area (Å²) in [7, 11) is 0. The first-order valence-corrected chi connectivity index (χ1v) is 6.27. The summed E-state index contributed by atoms with van der Waals surface area (Å²) in [6, 6.07) is 2.52. The van der Waals surface area contributed by atoms with E-state index in [4.69, 9.17) is 0 Å². The quantitative estimate of drug-likeness (QED) is 0.821. The van der Waals surface area contributed by atoms with Gasteiger partial charge in [0.1, 0.15) is 0 Å². The van der Waals surface area contributed by atoms with E-state index in [9.17, 15) is 4.79 Å². The Morgan fingerprint density at radius 3 is 2.82 bits per heavy atom. The highest BCUT2D eigenvalue weighted by Gasteiger charge is 2.21. The van der Waals surface area contributed by atoms with E-state index in [0.717, 1.165) is 19.6 Å². The number of amides is 1. The molecule has 0 bridgehead atoms. The normalized spacial score (nSPS) is 19.7. The zero-order chi connectivity index (χ0) is 12.4. The van der Waals surface area contributed by atoms with Crippen LogP contribution in [-0.4, -0.2) is 23.1 Å². The maximum atomic E-state index is 11.1. The Balaban J connectivity index is 1.97. The summed E-state index contributed by atoms with van der Waals surface area (Å²) in [5, 5.41) is 6.28. The van der Waals surface area contributed by atoms with Crippen molar-refractivity contribution in [3.63, 3.8) is 0 Å². The molecule has 94 valence electrons. The predicted octanol–water partition coefficient (Wildman–Crippen LogP) is 1.10. The van der Waals surface area contributed by atoms with Gasteiger partial charge in [0, 0.05) is 43.5 Å². The second-order valence-corrected chi connectivity index (χ2v) is 4.73. The average Bonchev–Trinajstić information content (AvgIpc) is 2.81. The van der Waals surface area contributed by atoms with Crippen LogP contribution in [0.3, 0.4) is 0 Å². The van der Waals surface area contributed by atoms with Crippen molar-refractivity contribution in [1.82, 2.24) is 15.2 Å². The minimum Gasteiger partial charge on any atom is -0.354 e. The van der Waals surface area contributed by atoms with Gasteiger partial charge < -0.3 is 15.2 Å². The van der Waals surface area contributed by atoms with Crippen LogP contribution in [0.4, 0.5) is 0 Å². The Bertz CT molecular complexity index is 423. The number of nitrogens with one attached hydrogen (secondary N) is 2. The molecule has 1 aromatic heterocycles. The van der Waals surface area contributed by atoms with Crippen LogP contribution in [0, 0.1) is 13.8 Å². The predicted molar refractivity (Wildman–Crippen MR) is 67.8 cm³/mol. The molecule has 1 saturated heterocycles. The van der Waals surface area contributed by atoms with Crippen LogP contribution in [-0.2, 0) is 17.9 Å². The zero-order valence-corrected chi connectivity index (χ0v) is 10.8. The number of aromatic nitrogens is 1. The molecule has 1 fully saturated rings. The van der Waals surface area contributed by atoms with Crippen LogP contribution in [0.2, 0.25) is 0 Å². The highest BCUT2D eigenvalue weighted by atomic mass is 16.1. The number of nitrogens with zero attached hydrogens (tertiary/aromatic N) is 1. The molecule has 0 saturated carbocycles. The first kappa shape index (κ1) is 12.2. The van der Waals surface area contributed by atoms with E-state index in [0.29, 0.717) is 6.42 Å². The molecular formula is C13H21N3O. The molecule has 1 amide bonds. The van der Waals surface area contributed by atoms with E-state index in [2.05, 4.69) is 42.0 Å². The third kappa shape index (κ3) is 2.52. The maximum absolute atomic E-state index is 11.1. The van der Waals surface area contributed by atoms with Gasteiger partial charge in [-0.25, -0.2) is 0 Å². The Labute approximate surface area is 102 Å². The molecular weight excluding hydrogens is 214 g/mol. The summed E-state index contributed by atoms with van der Waals surface area (Å²) in [4.78, 5) is 11.1. The summed E-state index contributed by atoms with van der Waals surface area (Å²) in [6.45, 7) is 9.08. The highest BCUT2D eigenvalue weighted by molar-refractivity contribution is 5.78. The van der Waals surface area contributed by atoms with Crippen molar-refractivity contribution in [3.05, 3.63) is 23.0 Å². The first-order chi connectivity index (χ1) is 8.11. The molecule has 1 atom stereocenters. The summed E-state index contributed by atoms with van der Waals surface area (Å²) >= 11 is 0. The van der Waals surface area contributed by atoms with Gasteiger partial charge in [0.2, 0.25) is 5.91 Å². The number of aryl methyl sites for hydroxylation is 1. The van der Waals surface area contributed by atoms with Gasteiger partial charge in [0.25, 0.3) is 0 Å². The van der Waals surface area contributed by atoms with Crippen molar-refractivity contribution in [2.24, 2.45) is 0 Å². The molecule has 0 spiro atoms. The molecule has 1 aliphatic heterocycles. The molecule has 2 N–H and O–H groups in total. The minimum atomic E-state index is 0.154. The van der Waals surface area contributed by atoms with Crippen molar-refractivity contribution < 1.29 is 4.79 Å². The maximum Gasteiger partial charge on any atom is 0.221 e. The fraction of sp³-hybridized carbons (Fsp3) is 0.615. The second kappa shape index (κ2) is 4.92. The number of hydrogen-bond donors (Lipinski definition) is 2. The smallest absolute Gasteiger partial charge is 0.221 e. The summed E-state index contributed by atoms with van der Waals surface area (Å²) < 4.78 is 2.31. The monoisotopic (exact) mass is 235 g/mol. The van der Waals surface area contributed by atoms with Crippen molar-refractivity contribution in [3.8, 4) is 0 Å². The third-order valence-electron chi connectivity index (χ3n) is 3.55. The van der Waals surface area contributed by atoms with Gasteiger partial charge in [-0.2, -0.15) is 0 Å². The number of carbonyl (C=O) groups is 1. The summed E-state index contributed by atoms with van der Waals surface area (Å²) in [5.74, 6) is 0.154. The van der Waals surface area contributed by atoms with Crippen molar-refractivity contribution in [1.29, 1.82) is 0 Å². The third-order valence-corrected chi connectivity index (χ3v) is 3.55. The van der Waals surface area contributed by atoms with Crippen LogP contribution in [0.1, 0.15) is 30.3 Å². The van der Waals surface area contributed by atoms with Gasteiger partial charge in [0.15, 0.2) is 0 Å². The van der Waals surface area contributed by atoms with Gasteiger partial charge in [-0.15, -0.1) is 0 Å². The van der Waals surface area contributed by atoms with Gasteiger partial charge in [0.05, 0.1) is 0 Å². The average molecular weight is 235 g/mol. The number of carbonyl (C=O) groups excluding carboxylic acids is 1. The lowest BCUT2D eigenvalue weighted by Gasteiger charge is -2.10. The Morgan fingerprint density at radius 2 is 2.29 bits per heavy atom. The van der Waals surface area contributed by atoms with Gasteiger partial charge in [-0.3, -0.25) is 4.79 Å². The van der Waals surface area contributed by atoms with Gasteiger partial charge in [-0.1, -0.05) is 0 Å². The van der Waals surface area contributed by atoms with Crippen LogP contribution in [0.15, 0.2) is 6.07 Å². The first-order valence-electron chi connectivity index (χ1n) is 6.27. The second-order valence-electron chi connectivity index (χ2n) is 4.73. The SMILES string of the molecule is CCn1c(C)cc(CNC2CNC(=O)C2)c1C. The van der Waals surface area contributed by atoms with Crippen LogP contribution in [0.5, 0.6) is 0 Å². The van der Waals surface area contributed by atoms with Crippen LogP contribution >= 0.6 is 0 Å². The lowest BCUT2D eigenvalue weighted by atomic mass is 10.2. The molecule has 2 rings (SSSR count). The molecule has 4 nitrogen and oxygen atoms in total. The Kier molecular flexibility index (Phi) is 3.52.